The van der Waals surface area contributed by atoms with Crippen molar-refractivity contribution >= 4 is 11.7 Å². The van der Waals surface area contributed by atoms with Crippen molar-refractivity contribution in [1.82, 2.24) is 4.90 Å². The molecule has 0 aliphatic carbocycles. The van der Waals surface area contributed by atoms with Crippen LogP contribution in [0.3, 0.4) is 0 Å². The molecular weight excluding hydrogens is 259 g/mol. The Bertz CT molecular complexity index is 434. The van der Waals surface area contributed by atoms with Crippen LogP contribution in [0.15, 0.2) is 24.3 Å². The highest BCUT2D eigenvalue weighted by Crippen LogP contribution is 2.30. The van der Waals surface area contributed by atoms with Crippen molar-refractivity contribution in [2.24, 2.45) is 5.73 Å². The summed E-state index contributed by atoms with van der Waals surface area (Å²) in [5, 5.41) is 2.42. The van der Waals surface area contributed by atoms with Gasteiger partial charge in [0.1, 0.15) is 0 Å². The molecule has 3 N–H and O–H groups in total. The third-order valence-electron chi connectivity index (χ3n) is 2.51. The Balaban J connectivity index is 2.79. The molecular formula is C12H16F3N3O. The van der Waals surface area contributed by atoms with E-state index in [0.29, 0.717) is 19.6 Å². The van der Waals surface area contributed by atoms with Crippen LogP contribution in [0.5, 0.6) is 0 Å². The molecule has 0 saturated heterocycles. The van der Waals surface area contributed by atoms with Crippen LogP contribution in [-0.2, 0) is 6.18 Å². The maximum absolute atomic E-state index is 12.5. The van der Waals surface area contributed by atoms with Gasteiger partial charge in [0.2, 0.25) is 0 Å². The summed E-state index contributed by atoms with van der Waals surface area (Å²) in [6.45, 7) is 2.84. The maximum atomic E-state index is 12.5. The molecule has 106 valence electrons. The number of rotatable bonds is 4. The summed E-state index contributed by atoms with van der Waals surface area (Å²) in [5.74, 6) is 0. The number of nitrogens with two attached hydrogens (primary N) is 1. The molecule has 0 aliphatic rings. The van der Waals surface area contributed by atoms with Crippen LogP contribution in [0.2, 0.25) is 0 Å². The second kappa shape index (κ2) is 6.42. The van der Waals surface area contributed by atoms with Crippen LogP contribution in [0.25, 0.3) is 0 Å². The second-order valence-electron chi connectivity index (χ2n) is 3.88. The number of benzene rings is 1. The number of carbonyl (C=O) groups is 1. The van der Waals surface area contributed by atoms with Gasteiger partial charge in [-0.05, 0) is 25.1 Å². The van der Waals surface area contributed by atoms with Gasteiger partial charge in [-0.3, -0.25) is 0 Å². The molecule has 0 fully saturated rings. The highest BCUT2D eigenvalue weighted by atomic mass is 19.4. The molecule has 0 radical (unpaired) electrons. The van der Waals surface area contributed by atoms with Gasteiger partial charge < -0.3 is 16.0 Å². The molecule has 0 aromatic heterocycles. The first-order chi connectivity index (χ1) is 8.88. The van der Waals surface area contributed by atoms with E-state index in [1.165, 1.54) is 17.0 Å². The van der Waals surface area contributed by atoms with Crippen LogP contribution < -0.4 is 11.1 Å². The Morgan fingerprint density at radius 3 is 2.63 bits per heavy atom. The molecule has 1 aromatic carbocycles. The second-order valence-corrected chi connectivity index (χ2v) is 3.88. The number of urea groups is 1. The average Bonchev–Trinajstić information content (AvgIpc) is 2.35. The molecule has 0 bridgehead atoms. The van der Waals surface area contributed by atoms with Gasteiger partial charge in [0.15, 0.2) is 0 Å². The van der Waals surface area contributed by atoms with Crippen molar-refractivity contribution in [2.45, 2.75) is 13.1 Å². The smallest absolute Gasteiger partial charge is 0.329 e. The van der Waals surface area contributed by atoms with Gasteiger partial charge in [-0.1, -0.05) is 6.07 Å². The molecule has 0 atom stereocenters. The van der Waals surface area contributed by atoms with Gasteiger partial charge >= 0.3 is 12.2 Å². The summed E-state index contributed by atoms with van der Waals surface area (Å²) in [6, 6.07) is 4.04. The third-order valence-corrected chi connectivity index (χ3v) is 2.51. The Morgan fingerprint density at radius 2 is 2.11 bits per heavy atom. The lowest BCUT2D eigenvalue weighted by molar-refractivity contribution is -0.137. The summed E-state index contributed by atoms with van der Waals surface area (Å²) in [5.41, 5.74) is 4.65. The Kier molecular flexibility index (Phi) is 5.17. The van der Waals surface area contributed by atoms with E-state index in [0.717, 1.165) is 12.1 Å². The fourth-order valence-corrected chi connectivity index (χ4v) is 1.53. The quantitative estimate of drug-likeness (QED) is 0.887. The van der Waals surface area contributed by atoms with E-state index >= 15 is 0 Å². The molecule has 0 heterocycles. The average molecular weight is 275 g/mol. The van der Waals surface area contributed by atoms with Gasteiger partial charge in [-0.15, -0.1) is 0 Å². The number of amides is 2. The van der Waals surface area contributed by atoms with Crippen LogP contribution >= 0.6 is 0 Å². The van der Waals surface area contributed by atoms with E-state index in [1.807, 2.05) is 0 Å². The van der Waals surface area contributed by atoms with E-state index < -0.39 is 17.8 Å². The number of nitrogens with one attached hydrogen (secondary N) is 1. The van der Waals surface area contributed by atoms with Gasteiger partial charge in [-0.2, -0.15) is 13.2 Å². The van der Waals surface area contributed by atoms with E-state index in [4.69, 9.17) is 5.73 Å². The van der Waals surface area contributed by atoms with Gasteiger partial charge in [0.05, 0.1) is 5.56 Å². The zero-order chi connectivity index (χ0) is 14.5. The number of likely N-dealkylation sites (N-methyl/N-ethyl adjacent to an activating group) is 1. The first-order valence-electron chi connectivity index (χ1n) is 5.81. The molecule has 0 aliphatic heterocycles. The SMILES string of the molecule is CCN(CCN)C(=O)Nc1cccc(C(F)(F)F)c1. The Morgan fingerprint density at radius 1 is 1.42 bits per heavy atom. The number of hydrogen-bond donors (Lipinski definition) is 2. The molecule has 7 heteroatoms. The molecule has 1 aromatic rings. The van der Waals surface area contributed by atoms with Crippen molar-refractivity contribution in [1.29, 1.82) is 0 Å². The molecule has 2 amide bonds. The normalized spacial score (nSPS) is 11.2. The summed E-state index contributed by atoms with van der Waals surface area (Å²) in [6.07, 6.45) is -4.43. The third kappa shape index (κ3) is 4.44. The van der Waals surface area contributed by atoms with Crippen LogP contribution in [0, 0.1) is 0 Å². The summed E-state index contributed by atoms with van der Waals surface area (Å²) in [7, 11) is 0. The summed E-state index contributed by atoms with van der Waals surface area (Å²) >= 11 is 0. The maximum Gasteiger partial charge on any atom is 0.416 e. The highest BCUT2D eigenvalue weighted by molar-refractivity contribution is 5.89. The fraction of sp³-hybridized carbons (Fsp3) is 0.417. The minimum Gasteiger partial charge on any atom is -0.329 e. The van der Waals surface area contributed by atoms with Crippen LogP contribution in [0.4, 0.5) is 23.7 Å². The van der Waals surface area contributed by atoms with Gasteiger partial charge in [0.25, 0.3) is 0 Å². The topological polar surface area (TPSA) is 58.4 Å². The molecule has 19 heavy (non-hydrogen) atoms. The molecule has 4 nitrogen and oxygen atoms in total. The van der Waals surface area contributed by atoms with Crippen molar-refractivity contribution in [3.8, 4) is 0 Å². The monoisotopic (exact) mass is 275 g/mol. The lowest BCUT2D eigenvalue weighted by Gasteiger charge is -2.20. The van der Waals surface area contributed by atoms with Gasteiger partial charge in [0, 0.05) is 25.3 Å². The predicted molar refractivity (Wildman–Crippen MR) is 66.8 cm³/mol. The fourth-order valence-electron chi connectivity index (χ4n) is 1.53. The predicted octanol–water partition coefficient (Wildman–Crippen LogP) is 2.52. The Hall–Kier alpha value is -1.76. The zero-order valence-electron chi connectivity index (χ0n) is 10.5. The first kappa shape index (κ1) is 15.3. The van der Waals surface area contributed by atoms with Crippen molar-refractivity contribution in [3.05, 3.63) is 29.8 Å². The molecule has 0 spiro atoms. The summed E-state index contributed by atoms with van der Waals surface area (Å²) in [4.78, 5) is 13.2. The number of anilines is 1. The Labute approximate surface area is 109 Å². The first-order valence-corrected chi connectivity index (χ1v) is 5.81. The number of alkyl halides is 3. The summed E-state index contributed by atoms with van der Waals surface area (Å²) < 4.78 is 37.5. The molecule has 1 rings (SSSR count). The lowest BCUT2D eigenvalue weighted by Crippen LogP contribution is -2.38. The number of nitrogens with zero attached hydrogens (tertiary/aromatic N) is 1. The number of hydrogen-bond acceptors (Lipinski definition) is 2. The minimum atomic E-state index is -4.43. The number of carbonyl (C=O) groups excluding carboxylic acids is 1. The van der Waals surface area contributed by atoms with E-state index in [-0.39, 0.29) is 5.69 Å². The minimum absolute atomic E-state index is 0.107. The van der Waals surface area contributed by atoms with Crippen LogP contribution in [0.1, 0.15) is 12.5 Å². The van der Waals surface area contributed by atoms with Crippen molar-refractivity contribution < 1.29 is 18.0 Å². The van der Waals surface area contributed by atoms with Crippen LogP contribution in [-0.4, -0.2) is 30.6 Å². The molecule has 0 saturated carbocycles. The van der Waals surface area contributed by atoms with E-state index in [9.17, 15) is 18.0 Å². The van der Waals surface area contributed by atoms with Crippen molar-refractivity contribution in [2.75, 3.05) is 25.0 Å². The molecule has 0 unspecified atom stereocenters. The van der Waals surface area contributed by atoms with Gasteiger partial charge in [-0.25, -0.2) is 4.79 Å². The number of halogens is 3. The highest BCUT2D eigenvalue weighted by Gasteiger charge is 2.30. The lowest BCUT2D eigenvalue weighted by atomic mass is 10.2. The standard InChI is InChI=1S/C12H16F3N3O/c1-2-18(7-6-16)11(19)17-10-5-3-4-9(8-10)12(13,14)15/h3-5,8H,2,6-7,16H2,1H3,(H,17,19). The van der Waals surface area contributed by atoms with Crippen molar-refractivity contribution in [3.63, 3.8) is 0 Å². The van der Waals surface area contributed by atoms with E-state index in [1.54, 1.807) is 6.92 Å². The zero-order valence-corrected chi connectivity index (χ0v) is 10.5. The van der Waals surface area contributed by atoms with E-state index in [2.05, 4.69) is 5.32 Å². The largest absolute Gasteiger partial charge is 0.416 e.